The first-order chi connectivity index (χ1) is 18.5. The largest absolute Gasteiger partial charge is 1.00 e. The van der Waals surface area contributed by atoms with Crippen molar-refractivity contribution in [2.45, 2.75) is 160 Å². The predicted octanol–water partition coefficient (Wildman–Crippen LogP) is 7.67. The number of fused-ring (bicyclic) bond motifs is 1. The van der Waals surface area contributed by atoms with Gasteiger partial charge < -0.3 is 4.55 Å². The molecule has 0 spiro atoms. The Balaban J connectivity index is 0.00000760. The van der Waals surface area contributed by atoms with Gasteiger partial charge in [0.15, 0.2) is 0 Å². The number of hydrogen-bond acceptors (Lipinski definition) is 3. The second-order valence-corrected chi connectivity index (χ2v) is 12.7. The Morgan fingerprint density at radius 1 is 0.538 bits per heavy atom. The van der Waals surface area contributed by atoms with Crippen molar-refractivity contribution in [3.63, 3.8) is 0 Å². The number of aryl methyl sites for hydroxylation is 2. The first kappa shape index (κ1) is 36.6. The van der Waals surface area contributed by atoms with Crippen molar-refractivity contribution >= 4 is 20.9 Å². The molecule has 0 amide bonds. The Morgan fingerprint density at radius 2 is 0.897 bits per heavy atom. The van der Waals surface area contributed by atoms with Crippen LogP contribution in [-0.4, -0.2) is 13.0 Å². The second kappa shape index (κ2) is 22.2. The fourth-order valence-corrected chi connectivity index (χ4v) is 6.71. The molecule has 216 valence electrons. The van der Waals surface area contributed by atoms with Gasteiger partial charge in [0.05, 0.1) is 4.90 Å². The second-order valence-electron chi connectivity index (χ2n) is 11.4. The molecule has 39 heavy (non-hydrogen) atoms. The average molecular weight is 567 g/mol. The summed E-state index contributed by atoms with van der Waals surface area (Å²) in [5.41, 5.74) is 1.94. The molecule has 0 fully saturated rings. The molecule has 5 heteroatoms. The summed E-state index contributed by atoms with van der Waals surface area (Å²) in [6.45, 7) is 4.51. The summed E-state index contributed by atoms with van der Waals surface area (Å²) in [4.78, 5) is 0.0239. The molecule has 0 saturated carbocycles. The number of benzene rings is 2. The van der Waals surface area contributed by atoms with Gasteiger partial charge in [-0.25, -0.2) is 8.42 Å². The molecule has 0 N–H and O–H groups in total. The molecule has 0 atom stereocenters. The van der Waals surface area contributed by atoms with Crippen molar-refractivity contribution in [1.29, 1.82) is 0 Å². The minimum Gasteiger partial charge on any atom is -0.744 e. The van der Waals surface area contributed by atoms with Gasteiger partial charge in [-0.3, -0.25) is 0 Å². The van der Waals surface area contributed by atoms with Gasteiger partial charge in [0.1, 0.15) is 10.1 Å². The van der Waals surface area contributed by atoms with Gasteiger partial charge in [-0.2, -0.15) is 0 Å². The van der Waals surface area contributed by atoms with Gasteiger partial charge >= 0.3 is 29.6 Å². The van der Waals surface area contributed by atoms with E-state index in [1.165, 1.54) is 115 Å². The fourth-order valence-electron chi connectivity index (χ4n) is 5.78. The maximum Gasteiger partial charge on any atom is 1.00 e. The van der Waals surface area contributed by atoms with Crippen LogP contribution in [0.25, 0.3) is 10.8 Å². The molecule has 2 rings (SSSR count). The van der Waals surface area contributed by atoms with Crippen molar-refractivity contribution in [2.75, 3.05) is 0 Å². The predicted molar refractivity (Wildman–Crippen MR) is 163 cm³/mol. The van der Waals surface area contributed by atoms with Crippen LogP contribution in [0.3, 0.4) is 0 Å². The van der Waals surface area contributed by atoms with Crippen LogP contribution in [0.4, 0.5) is 0 Å². The third-order valence-electron chi connectivity index (χ3n) is 8.01. The van der Waals surface area contributed by atoms with Crippen molar-refractivity contribution in [3.8, 4) is 0 Å². The van der Waals surface area contributed by atoms with E-state index in [0.717, 1.165) is 36.6 Å². The zero-order chi connectivity index (χ0) is 27.5. The standard InChI is InChI=1S/C34H56O3S.Na/c1-3-5-7-9-11-13-15-17-19-21-25-30-29-31(26-22-20-18-16-14-12-10-8-6-4-2)34(38(35,36)37)33-28-24-23-27-32(30)33;/h23-24,27-29H,3-22,25-26H2,1-2H3,(H,35,36,37);/q;+1/p-1. The molecule has 0 aromatic heterocycles. The maximum absolute atomic E-state index is 12.3. The van der Waals surface area contributed by atoms with Gasteiger partial charge in [-0.05, 0) is 47.6 Å². The van der Waals surface area contributed by atoms with Crippen molar-refractivity contribution in [1.82, 2.24) is 0 Å². The summed E-state index contributed by atoms with van der Waals surface area (Å²) in [6, 6.07) is 9.66. The van der Waals surface area contributed by atoms with Crippen molar-refractivity contribution < 1.29 is 42.5 Å². The molecule has 0 aliphatic carbocycles. The molecule has 0 unspecified atom stereocenters. The Labute approximate surface area is 263 Å². The van der Waals surface area contributed by atoms with Crippen molar-refractivity contribution in [3.05, 3.63) is 41.5 Å². The Hall–Kier alpha value is -0.390. The molecule has 2 aromatic rings. The van der Waals surface area contributed by atoms with E-state index in [2.05, 4.69) is 19.9 Å². The molecule has 0 radical (unpaired) electrons. The molecule has 0 aliphatic rings. The number of rotatable bonds is 23. The zero-order valence-electron chi connectivity index (χ0n) is 25.6. The monoisotopic (exact) mass is 566 g/mol. The molecule has 0 saturated heterocycles. The fraction of sp³-hybridized carbons (Fsp3) is 0.706. The Bertz CT molecular complexity index is 1000. The van der Waals surface area contributed by atoms with Crippen LogP contribution >= 0.6 is 0 Å². The Morgan fingerprint density at radius 3 is 1.31 bits per heavy atom. The van der Waals surface area contributed by atoms with Crippen LogP contribution < -0.4 is 29.6 Å². The van der Waals surface area contributed by atoms with E-state index in [-0.39, 0.29) is 34.5 Å². The van der Waals surface area contributed by atoms with Crippen LogP contribution in [0, 0.1) is 0 Å². The third-order valence-corrected chi connectivity index (χ3v) is 8.99. The molecular formula is C34H55NaO3S. The van der Waals surface area contributed by atoms with Crippen molar-refractivity contribution in [2.24, 2.45) is 0 Å². The zero-order valence-corrected chi connectivity index (χ0v) is 28.4. The summed E-state index contributed by atoms with van der Waals surface area (Å²) in [7, 11) is -4.53. The minimum atomic E-state index is -4.53. The van der Waals surface area contributed by atoms with Crippen LogP contribution in [0.5, 0.6) is 0 Å². The van der Waals surface area contributed by atoms with Crippen LogP contribution in [0.15, 0.2) is 35.2 Å². The first-order valence-corrected chi connectivity index (χ1v) is 17.4. The van der Waals surface area contributed by atoms with E-state index < -0.39 is 10.1 Å². The summed E-state index contributed by atoms with van der Waals surface area (Å²) in [5.74, 6) is 0. The van der Waals surface area contributed by atoms with Crippen LogP contribution in [0.2, 0.25) is 0 Å². The van der Waals surface area contributed by atoms with E-state index in [1.807, 2.05) is 24.3 Å². The summed E-state index contributed by atoms with van der Waals surface area (Å²) >= 11 is 0. The molecule has 3 nitrogen and oxygen atoms in total. The SMILES string of the molecule is CCCCCCCCCCCCc1cc(CCCCCCCCCCCC)c2ccccc2c1S(=O)(=O)[O-].[Na+]. The third kappa shape index (κ3) is 14.9. The maximum atomic E-state index is 12.3. The van der Waals surface area contributed by atoms with E-state index >= 15 is 0 Å². The van der Waals surface area contributed by atoms with E-state index in [0.29, 0.717) is 11.8 Å². The van der Waals surface area contributed by atoms with Gasteiger partial charge in [0.2, 0.25) is 0 Å². The van der Waals surface area contributed by atoms with Gasteiger partial charge in [-0.15, -0.1) is 0 Å². The van der Waals surface area contributed by atoms with Gasteiger partial charge in [0.25, 0.3) is 0 Å². The summed E-state index contributed by atoms with van der Waals surface area (Å²) in [5, 5.41) is 1.55. The Kier molecular flexibility index (Phi) is 20.9. The van der Waals surface area contributed by atoms with E-state index in [1.54, 1.807) is 0 Å². The minimum absolute atomic E-state index is 0. The molecule has 0 aliphatic heterocycles. The van der Waals surface area contributed by atoms with Gasteiger partial charge in [0, 0.05) is 0 Å². The average Bonchev–Trinajstić information content (AvgIpc) is 2.90. The van der Waals surface area contributed by atoms with Gasteiger partial charge in [-0.1, -0.05) is 160 Å². The summed E-state index contributed by atoms with van der Waals surface area (Å²) < 4.78 is 37.0. The first-order valence-electron chi connectivity index (χ1n) is 16.0. The number of unbranched alkanes of at least 4 members (excludes halogenated alkanes) is 18. The quantitative estimate of drug-likeness (QED) is 0.0788. The topological polar surface area (TPSA) is 57.2 Å². The summed E-state index contributed by atoms with van der Waals surface area (Å²) in [6.07, 6.45) is 27.0. The normalized spacial score (nSPS) is 11.7. The molecular weight excluding hydrogens is 511 g/mol. The molecule has 2 aromatic carbocycles. The smallest absolute Gasteiger partial charge is 0.744 e. The number of hydrogen-bond donors (Lipinski definition) is 0. The van der Waals surface area contributed by atoms with E-state index in [9.17, 15) is 13.0 Å². The van der Waals surface area contributed by atoms with E-state index in [4.69, 9.17) is 0 Å². The van der Waals surface area contributed by atoms with Crippen LogP contribution in [0.1, 0.15) is 153 Å². The molecule has 0 bridgehead atoms. The molecule has 0 heterocycles. The van der Waals surface area contributed by atoms with Crippen LogP contribution in [-0.2, 0) is 23.0 Å².